The summed E-state index contributed by atoms with van der Waals surface area (Å²) in [5.74, 6) is -0.606. The lowest BCUT2D eigenvalue weighted by Crippen LogP contribution is -2.59. The zero-order valence-corrected chi connectivity index (χ0v) is 10.7. The van der Waals surface area contributed by atoms with Crippen LogP contribution in [0.3, 0.4) is 0 Å². The lowest BCUT2D eigenvalue weighted by Gasteiger charge is -2.35. The number of nitrogens with one attached hydrogen (secondary N) is 2. The van der Waals surface area contributed by atoms with Gasteiger partial charge in [-0.25, -0.2) is 0 Å². The first-order valence-electron chi connectivity index (χ1n) is 6.16. The minimum atomic E-state index is -0.550. The first-order valence-corrected chi connectivity index (χ1v) is 6.16. The molecule has 0 radical (unpaired) electrons. The molecule has 1 aromatic carbocycles. The number of amides is 2. The molecule has 102 valence electrons. The normalized spacial score (nSPS) is 19.0. The van der Waals surface area contributed by atoms with E-state index in [0.29, 0.717) is 19.6 Å². The summed E-state index contributed by atoms with van der Waals surface area (Å²) in [5, 5.41) is 15.4. The Bertz CT molecular complexity index is 490. The Kier molecular flexibility index (Phi) is 4.01. The fourth-order valence-electron chi connectivity index (χ4n) is 2.16. The molecule has 19 heavy (non-hydrogen) atoms. The first-order chi connectivity index (χ1) is 9.15. The van der Waals surface area contributed by atoms with E-state index in [-0.39, 0.29) is 23.1 Å². The molecule has 6 heteroatoms. The molecule has 0 saturated carbocycles. The van der Waals surface area contributed by atoms with Gasteiger partial charge in [0, 0.05) is 26.7 Å². The maximum Gasteiger partial charge on any atom is 0.258 e. The molecular weight excluding hydrogens is 246 g/mol. The van der Waals surface area contributed by atoms with Crippen LogP contribution in [0.25, 0.3) is 0 Å². The topological polar surface area (TPSA) is 81.7 Å². The van der Waals surface area contributed by atoms with E-state index in [1.165, 1.54) is 11.0 Å². The van der Waals surface area contributed by atoms with Crippen molar-refractivity contribution in [2.75, 3.05) is 26.7 Å². The molecule has 1 aromatic rings. The second-order valence-electron chi connectivity index (χ2n) is 4.35. The van der Waals surface area contributed by atoms with E-state index in [4.69, 9.17) is 0 Å². The number of piperazine rings is 1. The molecule has 1 heterocycles. The lowest BCUT2D eigenvalue weighted by atomic mass is 10.1. The van der Waals surface area contributed by atoms with Crippen molar-refractivity contribution < 1.29 is 14.7 Å². The highest BCUT2D eigenvalue weighted by molar-refractivity contribution is 5.99. The Morgan fingerprint density at radius 3 is 2.84 bits per heavy atom. The molecule has 2 rings (SSSR count). The zero-order chi connectivity index (χ0) is 13.8. The molecule has 0 bridgehead atoms. The number of rotatable bonds is 2. The highest BCUT2D eigenvalue weighted by atomic mass is 16.3. The van der Waals surface area contributed by atoms with E-state index in [2.05, 4.69) is 10.6 Å². The highest BCUT2D eigenvalue weighted by Gasteiger charge is 2.32. The van der Waals surface area contributed by atoms with E-state index < -0.39 is 6.04 Å². The molecule has 3 N–H and O–H groups in total. The number of phenolic OH excluding ortho intramolecular Hbond substituents is 1. The summed E-state index contributed by atoms with van der Waals surface area (Å²) >= 11 is 0. The number of likely N-dealkylation sites (N-methyl/N-ethyl adjacent to an activating group) is 1. The average Bonchev–Trinajstić information content (AvgIpc) is 2.46. The van der Waals surface area contributed by atoms with Gasteiger partial charge in [-0.1, -0.05) is 12.1 Å². The summed E-state index contributed by atoms with van der Waals surface area (Å²) in [6, 6.07) is 5.81. The van der Waals surface area contributed by atoms with Crippen molar-refractivity contribution in [3.63, 3.8) is 0 Å². The van der Waals surface area contributed by atoms with Gasteiger partial charge in [-0.15, -0.1) is 0 Å². The van der Waals surface area contributed by atoms with Crippen molar-refractivity contribution in [3.8, 4) is 5.75 Å². The van der Waals surface area contributed by atoms with Gasteiger partial charge in [0.2, 0.25) is 5.91 Å². The fourth-order valence-corrected chi connectivity index (χ4v) is 2.16. The van der Waals surface area contributed by atoms with Crippen molar-refractivity contribution in [1.82, 2.24) is 15.5 Å². The van der Waals surface area contributed by atoms with Crippen molar-refractivity contribution in [1.29, 1.82) is 0 Å². The Morgan fingerprint density at radius 2 is 2.16 bits per heavy atom. The standard InChI is InChI=1S/C13H17N3O3/c1-14-12(18)10-8-15-6-7-16(10)13(19)9-4-2-3-5-11(9)17/h2-5,10,15,17H,6-8H2,1H3,(H,14,18). The molecular formula is C13H17N3O3. The SMILES string of the molecule is CNC(=O)C1CNCCN1C(=O)c1ccccc1O. The van der Waals surface area contributed by atoms with E-state index in [0.717, 1.165) is 0 Å². The van der Waals surface area contributed by atoms with E-state index in [1.807, 2.05) is 0 Å². The van der Waals surface area contributed by atoms with Gasteiger partial charge in [-0.3, -0.25) is 9.59 Å². The number of nitrogens with zero attached hydrogens (tertiary/aromatic N) is 1. The average molecular weight is 263 g/mol. The summed E-state index contributed by atoms with van der Waals surface area (Å²) in [5.41, 5.74) is 0.221. The van der Waals surface area contributed by atoms with Crippen LogP contribution in [-0.2, 0) is 4.79 Å². The summed E-state index contributed by atoms with van der Waals surface area (Å²) in [6.45, 7) is 1.48. The number of para-hydroxylation sites is 1. The van der Waals surface area contributed by atoms with Crippen molar-refractivity contribution in [2.24, 2.45) is 0 Å². The van der Waals surface area contributed by atoms with Crippen LogP contribution in [0.5, 0.6) is 5.75 Å². The molecule has 0 aliphatic carbocycles. The van der Waals surface area contributed by atoms with Crippen molar-refractivity contribution >= 4 is 11.8 Å². The molecule has 0 spiro atoms. The third kappa shape index (κ3) is 2.68. The molecule has 1 fully saturated rings. The molecule has 1 aliphatic rings. The van der Waals surface area contributed by atoms with Crippen molar-refractivity contribution in [3.05, 3.63) is 29.8 Å². The summed E-state index contributed by atoms with van der Waals surface area (Å²) in [4.78, 5) is 25.7. The second-order valence-corrected chi connectivity index (χ2v) is 4.35. The predicted molar refractivity (Wildman–Crippen MR) is 69.9 cm³/mol. The Morgan fingerprint density at radius 1 is 1.42 bits per heavy atom. The largest absolute Gasteiger partial charge is 0.507 e. The maximum absolute atomic E-state index is 12.4. The molecule has 1 atom stereocenters. The lowest BCUT2D eigenvalue weighted by molar-refractivity contribution is -0.125. The number of phenols is 1. The van der Waals surface area contributed by atoms with E-state index in [1.54, 1.807) is 25.2 Å². The van der Waals surface area contributed by atoms with Crippen LogP contribution in [0.2, 0.25) is 0 Å². The third-order valence-corrected chi connectivity index (χ3v) is 3.19. The maximum atomic E-state index is 12.4. The number of aromatic hydroxyl groups is 1. The number of hydrogen-bond acceptors (Lipinski definition) is 4. The molecule has 1 saturated heterocycles. The Labute approximate surface area is 111 Å². The smallest absolute Gasteiger partial charge is 0.258 e. The van der Waals surface area contributed by atoms with Gasteiger partial charge in [0.25, 0.3) is 5.91 Å². The zero-order valence-electron chi connectivity index (χ0n) is 10.7. The monoisotopic (exact) mass is 263 g/mol. The Balaban J connectivity index is 2.25. The van der Waals surface area contributed by atoms with Gasteiger partial charge in [0.15, 0.2) is 0 Å². The molecule has 2 amide bonds. The Hall–Kier alpha value is -2.08. The van der Waals surface area contributed by atoms with Gasteiger partial charge in [-0.05, 0) is 12.1 Å². The minimum absolute atomic E-state index is 0.0679. The summed E-state index contributed by atoms with van der Waals surface area (Å²) < 4.78 is 0. The van der Waals surface area contributed by atoms with Crippen LogP contribution in [-0.4, -0.2) is 54.5 Å². The molecule has 1 aliphatic heterocycles. The summed E-state index contributed by atoms with van der Waals surface area (Å²) in [6.07, 6.45) is 0. The van der Waals surface area contributed by atoms with Gasteiger partial charge in [0.05, 0.1) is 5.56 Å². The van der Waals surface area contributed by atoms with Crippen LogP contribution in [0, 0.1) is 0 Å². The van der Waals surface area contributed by atoms with Crippen LogP contribution < -0.4 is 10.6 Å². The van der Waals surface area contributed by atoms with Gasteiger partial charge < -0.3 is 20.6 Å². The number of carbonyl (C=O) groups is 2. The van der Waals surface area contributed by atoms with Gasteiger partial charge >= 0.3 is 0 Å². The fraction of sp³-hybridized carbons (Fsp3) is 0.385. The first kappa shape index (κ1) is 13.4. The van der Waals surface area contributed by atoms with Gasteiger partial charge in [-0.2, -0.15) is 0 Å². The number of hydrogen-bond donors (Lipinski definition) is 3. The number of carbonyl (C=O) groups excluding carboxylic acids is 2. The van der Waals surface area contributed by atoms with E-state index >= 15 is 0 Å². The quantitative estimate of drug-likeness (QED) is 0.675. The van der Waals surface area contributed by atoms with Crippen LogP contribution in [0.4, 0.5) is 0 Å². The second kappa shape index (κ2) is 5.71. The summed E-state index contributed by atoms with van der Waals surface area (Å²) in [7, 11) is 1.54. The molecule has 6 nitrogen and oxygen atoms in total. The van der Waals surface area contributed by atoms with Crippen LogP contribution in [0.1, 0.15) is 10.4 Å². The predicted octanol–water partition coefficient (Wildman–Crippen LogP) is -0.448. The minimum Gasteiger partial charge on any atom is -0.507 e. The van der Waals surface area contributed by atoms with Crippen LogP contribution in [0.15, 0.2) is 24.3 Å². The molecule has 1 unspecified atom stereocenters. The molecule has 0 aromatic heterocycles. The van der Waals surface area contributed by atoms with Gasteiger partial charge in [0.1, 0.15) is 11.8 Å². The highest BCUT2D eigenvalue weighted by Crippen LogP contribution is 2.19. The van der Waals surface area contributed by atoms with Crippen molar-refractivity contribution in [2.45, 2.75) is 6.04 Å². The van der Waals surface area contributed by atoms with E-state index in [9.17, 15) is 14.7 Å². The third-order valence-electron chi connectivity index (χ3n) is 3.19. The van der Waals surface area contributed by atoms with Crippen LogP contribution >= 0.6 is 0 Å². The number of benzene rings is 1.